The molecule has 0 fully saturated rings. The molecule has 1 amide bonds. The monoisotopic (exact) mass is 309 g/mol. The number of ketones is 1. The topological polar surface area (TPSA) is 55.4 Å². The summed E-state index contributed by atoms with van der Waals surface area (Å²) >= 11 is 0. The Morgan fingerprint density at radius 3 is 2.43 bits per heavy atom. The molecule has 1 aliphatic rings. The number of ether oxygens (including phenoxy) is 1. The number of hydrogen-bond acceptors (Lipinski definition) is 3. The van der Waals surface area contributed by atoms with Crippen molar-refractivity contribution in [3.8, 4) is 5.75 Å². The quantitative estimate of drug-likeness (QED) is 0.883. The molecule has 0 radical (unpaired) electrons. The van der Waals surface area contributed by atoms with E-state index in [9.17, 15) is 9.59 Å². The lowest BCUT2D eigenvalue weighted by molar-refractivity contribution is 0.0930. The summed E-state index contributed by atoms with van der Waals surface area (Å²) in [5.41, 5.74) is 2.29. The zero-order valence-corrected chi connectivity index (χ0v) is 13.2. The number of carbonyl (C=O) groups is 2. The molecule has 2 aromatic carbocycles. The average molecular weight is 309 g/mol. The van der Waals surface area contributed by atoms with Crippen LogP contribution in [0.3, 0.4) is 0 Å². The molecule has 4 nitrogen and oxygen atoms in total. The molecule has 0 saturated carbocycles. The van der Waals surface area contributed by atoms with Gasteiger partial charge < -0.3 is 10.1 Å². The van der Waals surface area contributed by atoms with Crippen LogP contribution in [0.25, 0.3) is 0 Å². The molecule has 1 heterocycles. The fourth-order valence-corrected chi connectivity index (χ4v) is 2.85. The predicted octanol–water partition coefficient (Wildman–Crippen LogP) is 3.18. The zero-order valence-electron chi connectivity index (χ0n) is 13.2. The van der Waals surface area contributed by atoms with Crippen LogP contribution in [0.15, 0.2) is 48.5 Å². The van der Waals surface area contributed by atoms with Crippen LogP contribution in [0.2, 0.25) is 0 Å². The number of nitrogens with one attached hydrogen (secondary N) is 1. The van der Waals surface area contributed by atoms with Gasteiger partial charge in [-0.2, -0.15) is 0 Å². The molecule has 1 aliphatic heterocycles. The number of carbonyl (C=O) groups excluding carboxylic acids is 2. The molecule has 3 rings (SSSR count). The number of fused-ring (bicyclic) bond motifs is 1. The van der Waals surface area contributed by atoms with Crippen LogP contribution in [-0.4, -0.2) is 24.3 Å². The first-order valence-corrected chi connectivity index (χ1v) is 7.70. The van der Waals surface area contributed by atoms with Crippen LogP contribution in [0, 0.1) is 0 Å². The first-order chi connectivity index (χ1) is 11.1. The summed E-state index contributed by atoms with van der Waals surface area (Å²) in [5.74, 6) is 0.887. The molecule has 118 valence electrons. The van der Waals surface area contributed by atoms with Crippen LogP contribution in [0.1, 0.15) is 46.0 Å². The Morgan fingerprint density at radius 1 is 1.09 bits per heavy atom. The van der Waals surface area contributed by atoms with Gasteiger partial charge >= 0.3 is 0 Å². The van der Waals surface area contributed by atoms with E-state index in [1.165, 1.54) is 6.92 Å². The van der Waals surface area contributed by atoms with Crippen molar-refractivity contribution in [2.24, 2.45) is 0 Å². The normalized spacial score (nSPS) is 17.0. The number of para-hydroxylation sites is 1. The van der Waals surface area contributed by atoms with Crippen molar-refractivity contribution >= 4 is 11.7 Å². The standard InChI is InChI=1S/C19H19NO3/c1-12(17-11-23-18-6-4-3-5-16(17)18)20-19(22)15-9-7-14(8-10-15)13(2)21/h3-10,12,17H,11H2,1-2H3,(H,20,22)/t12-,17+/m1/s1. The fourth-order valence-electron chi connectivity index (χ4n) is 2.85. The SMILES string of the molecule is CC(=O)c1ccc(C(=O)N[C@H](C)[C@@H]2COc3ccccc32)cc1. The van der Waals surface area contributed by atoms with Gasteiger partial charge in [0.05, 0.1) is 6.61 Å². The number of benzene rings is 2. The van der Waals surface area contributed by atoms with Gasteiger partial charge in [-0.25, -0.2) is 0 Å². The van der Waals surface area contributed by atoms with E-state index in [-0.39, 0.29) is 23.7 Å². The molecule has 1 N–H and O–H groups in total. The van der Waals surface area contributed by atoms with E-state index >= 15 is 0 Å². The van der Waals surface area contributed by atoms with Crippen LogP contribution in [-0.2, 0) is 0 Å². The molecule has 0 aromatic heterocycles. The summed E-state index contributed by atoms with van der Waals surface area (Å²) in [6.45, 7) is 4.07. The van der Waals surface area contributed by atoms with Gasteiger partial charge in [-0.3, -0.25) is 9.59 Å². The molecule has 2 atom stereocenters. The lowest BCUT2D eigenvalue weighted by Gasteiger charge is -2.20. The first-order valence-electron chi connectivity index (χ1n) is 7.70. The average Bonchev–Trinajstić information content (AvgIpc) is 2.99. The summed E-state index contributed by atoms with van der Waals surface area (Å²) in [6.07, 6.45) is 0. The summed E-state index contributed by atoms with van der Waals surface area (Å²) in [5, 5.41) is 3.02. The minimum Gasteiger partial charge on any atom is -0.493 e. The number of rotatable bonds is 4. The molecule has 0 saturated heterocycles. The second kappa shape index (κ2) is 6.24. The Balaban J connectivity index is 1.69. The molecule has 0 spiro atoms. The number of amides is 1. The van der Waals surface area contributed by atoms with E-state index in [2.05, 4.69) is 5.32 Å². The Bertz CT molecular complexity index is 737. The Labute approximate surface area is 135 Å². The van der Waals surface area contributed by atoms with Crippen LogP contribution in [0.5, 0.6) is 5.75 Å². The van der Waals surface area contributed by atoms with E-state index in [4.69, 9.17) is 4.74 Å². The number of hydrogen-bond donors (Lipinski definition) is 1. The molecule has 0 aliphatic carbocycles. The molecule has 0 bridgehead atoms. The third-order valence-electron chi connectivity index (χ3n) is 4.25. The molecule has 23 heavy (non-hydrogen) atoms. The highest BCUT2D eigenvalue weighted by Gasteiger charge is 2.29. The fraction of sp³-hybridized carbons (Fsp3) is 0.263. The minimum atomic E-state index is -0.142. The van der Waals surface area contributed by atoms with Crippen molar-refractivity contribution in [3.05, 3.63) is 65.2 Å². The summed E-state index contributed by atoms with van der Waals surface area (Å²) in [7, 11) is 0. The second-order valence-corrected chi connectivity index (χ2v) is 5.85. The van der Waals surface area contributed by atoms with Gasteiger partial charge in [0, 0.05) is 28.7 Å². The smallest absolute Gasteiger partial charge is 0.251 e. The lowest BCUT2D eigenvalue weighted by Crippen LogP contribution is -2.37. The summed E-state index contributed by atoms with van der Waals surface area (Å²) in [6, 6.07) is 14.6. The highest BCUT2D eigenvalue weighted by molar-refractivity contribution is 5.97. The molecular weight excluding hydrogens is 290 g/mol. The Morgan fingerprint density at radius 2 is 1.74 bits per heavy atom. The molecular formula is C19H19NO3. The second-order valence-electron chi connectivity index (χ2n) is 5.85. The maximum atomic E-state index is 12.4. The maximum absolute atomic E-state index is 12.4. The van der Waals surface area contributed by atoms with E-state index < -0.39 is 0 Å². The van der Waals surface area contributed by atoms with Crippen molar-refractivity contribution in [1.29, 1.82) is 0 Å². The van der Waals surface area contributed by atoms with Gasteiger partial charge in [-0.05, 0) is 32.0 Å². The summed E-state index contributed by atoms with van der Waals surface area (Å²) in [4.78, 5) is 23.6. The zero-order chi connectivity index (χ0) is 16.4. The Hall–Kier alpha value is -2.62. The van der Waals surface area contributed by atoms with Crippen molar-refractivity contribution in [1.82, 2.24) is 5.32 Å². The van der Waals surface area contributed by atoms with Gasteiger partial charge in [0.1, 0.15) is 5.75 Å². The molecule has 0 unspecified atom stereocenters. The highest BCUT2D eigenvalue weighted by atomic mass is 16.5. The molecule has 2 aromatic rings. The van der Waals surface area contributed by atoms with Crippen molar-refractivity contribution in [2.45, 2.75) is 25.8 Å². The minimum absolute atomic E-state index is 0.00922. The van der Waals surface area contributed by atoms with E-state index in [0.717, 1.165) is 11.3 Å². The Kier molecular flexibility index (Phi) is 4.15. The van der Waals surface area contributed by atoms with Crippen molar-refractivity contribution < 1.29 is 14.3 Å². The predicted molar refractivity (Wildman–Crippen MR) is 88.1 cm³/mol. The first kappa shape index (κ1) is 15.3. The summed E-state index contributed by atoms with van der Waals surface area (Å²) < 4.78 is 5.67. The molecule has 4 heteroatoms. The van der Waals surface area contributed by atoms with Crippen LogP contribution >= 0.6 is 0 Å². The van der Waals surface area contributed by atoms with Gasteiger partial charge in [0.15, 0.2) is 5.78 Å². The van der Waals surface area contributed by atoms with Crippen LogP contribution in [0.4, 0.5) is 0 Å². The largest absolute Gasteiger partial charge is 0.493 e. The van der Waals surface area contributed by atoms with Gasteiger partial charge in [0.25, 0.3) is 5.91 Å². The van der Waals surface area contributed by atoms with E-state index in [1.54, 1.807) is 24.3 Å². The van der Waals surface area contributed by atoms with Crippen molar-refractivity contribution in [2.75, 3.05) is 6.61 Å². The van der Waals surface area contributed by atoms with Gasteiger partial charge in [0.2, 0.25) is 0 Å². The van der Waals surface area contributed by atoms with Crippen molar-refractivity contribution in [3.63, 3.8) is 0 Å². The van der Waals surface area contributed by atoms with Crippen LogP contribution < -0.4 is 10.1 Å². The lowest BCUT2D eigenvalue weighted by atomic mass is 9.94. The third kappa shape index (κ3) is 3.11. The van der Waals surface area contributed by atoms with E-state index in [0.29, 0.717) is 17.7 Å². The maximum Gasteiger partial charge on any atom is 0.251 e. The third-order valence-corrected chi connectivity index (χ3v) is 4.25. The van der Waals surface area contributed by atoms with Gasteiger partial charge in [-0.15, -0.1) is 0 Å². The number of Topliss-reactive ketones (excluding diaryl/α,β-unsaturated/α-hetero) is 1. The van der Waals surface area contributed by atoms with Gasteiger partial charge in [-0.1, -0.05) is 30.3 Å². The van der Waals surface area contributed by atoms with E-state index in [1.807, 2.05) is 31.2 Å². The highest BCUT2D eigenvalue weighted by Crippen LogP contribution is 2.35.